The van der Waals surface area contributed by atoms with Crippen molar-refractivity contribution in [3.8, 4) is 0 Å². The van der Waals surface area contributed by atoms with E-state index >= 15 is 4.39 Å². The van der Waals surface area contributed by atoms with Crippen molar-refractivity contribution in [2.75, 3.05) is 18.4 Å². The fourth-order valence-electron chi connectivity index (χ4n) is 11.4. The lowest BCUT2D eigenvalue weighted by molar-refractivity contribution is -0.199. The smallest absolute Gasteiger partial charge is 0.407 e. The first-order valence-electron chi connectivity index (χ1n) is 19.7. The van der Waals surface area contributed by atoms with E-state index in [0.29, 0.717) is 49.1 Å². The van der Waals surface area contributed by atoms with Gasteiger partial charge in [-0.25, -0.2) is 14.0 Å². The maximum absolute atomic E-state index is 16.1. The molecule has 14 heteroatoms. The van der Waals surface area contributed by atoms with E-state index in [0.717, 1.165) is 6.42 Å². The lowest BCUT2D eigenvalue weighted by Crippen LogP contribution is -2.63. The first kappa shape index (κ1) is 39.1. The highest BCUT2D eigenvalue weighted by Crippen LogP contribution is 2.82. The number of nitrogens with two attached hydrogens (primary N) is 1. The Bertz CT molecular complexity index is 1770. The molecule has 7 rings (SSSR count). The van der Waals surface area contributed by atoms with Crippen LogP contribution in [0, 0.1) is 40.4 Å². The molecule has 12 atom stereocenters. The summed E-state index contributed by atoms with van der Waals surface area (Å²) in [6.45, 7) is 5.94. The third kappa shape index (κ3) is 6.67. The molecule has 6 unspecified atom stereocenters. The second kappa shape index (κ2) is 15.1. The maximum atomic E-state index is 16.1. The summed E-state index contributed by atoms with van der Waals surface area (Å²) in [6, 6.07) is 6.22. The minimum atomic E-state index is -1.47. The molecule has 1 saturated heterocycles. The zero-order valence-corrected chi connectivity index (χ0v) is 31.7. The van der Waals surface area contributed by atoms with Crippen molar-refractivity contribution >= 4 is 35.3 Å². The molecule has 55 heavy (non-hydrogen) atoms. The number of aliphatic hydroxyl groups is 1. The minimum Gasteiger partial charge on any atom is -0.445 e. The van der Waals surface area contributed by atoms with Gasteiger partial charge in [-0.2, -0.15) is 0 Å². The summed E-state index contributed by atoms with van der Waals surface area (Å²) in [7, 11) is 0. The number of carbonyl (C=O) groups is 5. The molecule has 1 aliphatic heterocycles. The Balaban J connectivity index is 0.999. The summed E-state index contributed by atoms with van der Waals surface area (Å²) in [5.74, 6) is -1.52. The number of fused-ring (bicyclic) bond motifs is 4. The first-order valence-corrected chi connectivity index (χ1v) is 19.7. The Hall–Kier alpha value is -4.14. The Kier molecular flexibility index (Phi) is 10.7. The van der Waals surface area contributed by atoms with Crippen LogP contribution in [0.4, 0.5) is 19.7 Å². The van der Waals surface area contributed by atoms with Crippen LogP contribution in [0.1, 0.15) is 77.7 Å². The number of hydrogen-bond donors (Lipinski definition) is 5. The average Bonchev–Trinajstić information content (AvgIpc) is 3.61. The van der Waals surface area contributed by atoms with Gasteiger partial charge in [0.2, 0.25) is 5.91 Å². The van der Waals surface area contributed by atoms with Gasteiger partial charge < -0.3 is 41.0 Å². The lowest BCUT2D eigenvalue weighted by Gasteiger charge is -2.56. The molecular weight excluding hydrogens is 711 g/mol. The van der Waals surface area contributed by atoms with E-state index in [1.165, 1.54) is 12.2 Å². The third-order valence-corrected chi connectivity index (χ3v) is 13.6. The highest BCUT2D eigenvalue weighted by molar-refractivity contribution is 6.00. The molecule has 1 aromatic carbocycles. The maximum Gasteiger partial charge on any atom is 0.407 e. The van der Waals surface area contributed by atoms with E-state index in [-0.39, 0.29) is 79.5 Å². The highest BCUT2D eigenvalue weighted by Gasteiger charge is 2.84. The molecule has 1 aromatic rings. The number of alkyl halides is 1. The number of ether oxygens (including phenoxy) is 3. The van der Waals surface area contributed by atoms with Crippen LogP contribution in [-0.2, 0) is 35.2 Å². The SMILES string of the molecule is CCCC1OC2CC3C4C[C@H](F)/C5=C/C(=O)/C=C\[C@H](C)C6C5[C@@]46[C@@H](O)C[C@]3(C)[C@]2(C(=O)CNC(=O)OCc2ccc(NC(=O)CCCCNC(N)=O)cc2)O1. The monoisotopic (exact) mass is 764 g/mol. The van der Waals surface area contributed by atoms with Crippen LogP contribution in [0.25, 0.3) is 0 Å². The van der Waals surface area contributed by atoms with Gasteiger partial charge in [0.25, 0.3) is 0 Å². The number of primary amides is 1. The summed E-state index contributed by atoms with van der Waals surface area (Å²) < 4.78 is 34.7. The number of amides is 4. The quantitative estimate of drug-likeness (QED) is 0.178. The number of unbranched alkanes of at least 4 members (excludes halogenated alkanes) is 1. The van der Waals surface area contributed by atoms with Gasteiger partial charge in [-0.1, -0.05) is 45.4 Å². The third-order valence-electron chi connectivity index (χ3n) is 13.6. The van der Waals surface area contributed by atoms with E-state index in [4.69, 9.17) is 19.9 Å². The molecule has 5 aliphatic carbocycles. The van der Waals surface area contributed by atoms with Crippen molar-refractivity contribution in [2.24, 2.45) is 46.2 Å². The molecule has 1 spiro atoms. The molecule has 0 bridgehead atoms. The summed E-state index contributed by atoms with van der Waals surface area (Å²) in [6.07, 6.45) is 4.26. The number of halogens is 1. The largest absolute Gasteiger partial charge is 0.445 e. The van der Waals surface area contributed by atoms with Crippen LogP contribution in [0.3, 0.4) is 0 Å². The van der Waals surface area contributed by atoms with Crippen LogP contribution in [-0.4, -0.2) is 78.1 Å². The zero-order chi connectivity index (χ0) is 39.3. The fraction of sp³-hybridized carbons (Fsp3) is 0.634. The zero-order valence-electron chi connectivity index (χ0n) is 31.7. The molecule has 0 aromatic heterocycles. The first-order chi connectivity index (χ1) is 26.3. The van der Waals surface area contributed by atoms with E-state index in [1.54, 1.807) is 24.3 Å². The predicted molar refractivity (Wildman–Crippen MR) is 198 cm³/mol. The topological polar surface area (TPSA) is 195 Å². The molecule has 0 radical (unpaired) electrons. The van der Waals surface area contributed by atoms with Crippen molar-refractivity contribution in [1.29, 1.82) is 0 Å². The number of nitrogens with one attached hydrogen (secondary N) is 3. The van der Waals surface area contributed by atoms with E-state index < -0.39 is 53.2 Å². The van der Waals surface area contributed by atoms with Gasteiger partial charge in [0.1, 0.15) is 12.8 Å². The van der Waals surface area contributed by atoms with Gasteiger partial charge in [0.05, 0.1) is 18.8 Å². The van der Waals surface area contributed by atoms with E-state index in [9.17, 15) is 29.1 Å². The Morgan fingerprint density at radius 1 is 1.09 bits per heavy atom. The summed E-state index contributed by atoms with van der Waals surface area (Å²) in [5, 5.41) is 20.1. The molecule has 6 N–H and O–H groups in total. The summed E-state index contributed by atoms with van der Waals surface area (Å²) in [5.41, 5.74) is 3.80. The van der Waals surface area contributed by atoms with Gasteiger partial charge in [-0.05, 0) is 104 Å². The number of urea groups is 1. The molecule has 5 fully saturated rings. The molecular formula is C41H53FN4O9. The normalized spacial score (nSPS) is 39.4. The lowest BCUT2D eigenvalue weighted by atomic mass is 9.50. The average molecular weight is 765 g/mol. The van der Waals surface area contributed by atoms with Gasteiger partial charge in [0.15, 0.2) is 23.5 Å². The van der Waals surface area contributed by atoms with Crippen molar-refractivity contribution in [3.63, 3.8) is 0 Å². The Morgan fingerprint density at radius 3 is 2.58 bits per heavy atom. The van der Waals surface area contributed by atoms with Crippen molar-refractivity contribution in [2.45, 2.75) is 109 Å². The molecule has 298 valence electrons. The minimum absolute atomic E-state index is 0.0175. The second-order valence-corrected chi connectivity index (χ2v) is 16.6. The molecule has 1 heterocycles. The van der Waals surface area contributed by atoms with Gasteiger partial charge in [-0.15, -0.1) is 0 Å². The number of Topliss-reactive ketones (excluding diaryl/α,β-unsaturated/α-hetero) is 1. The van der Waals surface area contributed by atoms with Gasteiger partial charge >= 0.3 is 12.1 Å². The second-order valence-electron chi connectivity index (χ2n) is 16.6. The highest BCUT2D eigenvalue weighted by atomic mass is 19.1. The predicted octanol–water partition coefficient (Wildman–Crippen LogP) is 4.62. The number of alkyl carbamates (subject to hydrolysis) is 1. The number of hydrogen-bond acceptors (Lipinski definition) is 9. The van der Waals surface area contributed by atoms with Crippen LogP contribution in [0.2, 0.25) is 0 Å². The molecule has 13 nitrogen and oxygen atoms in total. The standard InChI is InChI=1S/C41H53FN4O9/c1-4-7-34-54-32-18-27-28-17-29(42)26-16-25(47)14-9-22(2)35-36(26)40(28,35)30(48)19-39(27,3)41(32,55-34)31(49)20-45-38(52)53-21-23-10-12-24(13-11-23)46-33(50)8-5-6-15-44-37(43)51/h9-14,16,22,27-30,32,34-36,48H,4-8,15,17-21H2,1-3H3,(H,45,52)(H,46,50)(H3,43,44,51)/b14-9-,26-16-/t22-,27?,28?,29-,30-,32?,34?,35?,36?,39-,40+,41+/m0/s1. The Morgan fingerprint density at radius 2 is 1.85 bits per heavy atom. The van der Waals surface area contributed by atoms with Crippen molar-refractivity contribution < 1.29 is 47.7 Å². The fourth-order valence-corrected chi connectivity index (χ4v) is 11.4. The van der Waals surface area contributed by atoms with Crippen molar-refractivity contribution in [1.82, 2.24) is 10.6 Å². The number of allylic oxidation sites excluding steroid dienone is 4. The number of rotatable bonds is 13. The molecule has 6 aliphatic rings. The number of aliphatic hydroxyl groups excluding tert-OH is 1. The molecule has 4 amide bonds. The molecule has 4 saturated carbocycles. The summed E-state index contributed by atoms with van der Waals surface area (Å²) in [4.78, 5) is 63.0. The van der Waals surface area contributed by atoms with E-state index in [1.807, 2.05) is 26.8 Å². The summed E-state index contributed by atoms with van der Waals surface area (Å²) >= 11 is 0. The van der Waals surface area contributed by atoms with Crippen LogP contribution >= 0.6 is 0 Å². The van der Waals surface area contributed by atoms with Crippen LogP contribution < -0.4 is 21.7 Å². The number of carbonyl (C=O) groups excluding carboxylic acids is 5. The number of anilines is 1. The van der Waals surface area contributed by atoms with Gasteiger partial charge in [-0.3, -0.25) is 14.4 Å². The van der Waals surface area contributed by atoms with Gasteiger partial charge in [0, 0.05) is 29.5 Å². The number of benzene rings is 1. The number of ketones is 2. The van der Waals surface area contributed by atoms with Crippen molar-refractivity contribution in [3.05, 3.63) is 53.6 Å². The van der Waals surface area contributed by atoms with Crippen LogP contribution in [0.15, 0.2) is 48.1 Å². The Labute approximate surface area is 320 Å². The van der Waals surface area contributed by atoms with E-state index in [2.05, 4.69) is 16.0 Å². The van der Waals surface area contributed by atoms with Crippen LogP contribution in [0.5, 0.6) is 0 Å².